The average Bonchev–Trinajstić information content (AvgIpc) is 2.69. The molecule has 0 saturated carbocycles. The quantitative estimate of drug-likeness (QED) is 0.262. The number of ether oxygens (including phenoxy) is 2. The Morgan fingerprint density at radius 3 is 2.60 bits per heavy atom. The van der Waals surface area contributed by atoms with E-state index in [4.69, 9.17) is 5.21 Å². The molecule has 9 nitrogen and oxygen atoms in total. The maximum absolute atomic E-state index is 11.2. The first-order valence-electron chi connectivity index (χ1n) is 5.67. The van der Waals surface area contributed by atoms with Crippen molar-refractivity contribution < 1.29 is 39.0 Å². The van der Waals surface area contributed by atoms with Gasteiger partial charge in [-0.15, -0.1) is 0 Å². The number of ketones is 2. The molecule has 0 aromatic carbocycles. The van der Waals surface area contributed by atoms with Crippen LogP contribution in [0, 0.1) is 0 Å². The lowest BCUT2D eigenvalue weighted by atomic mass is 10.1. The molecule has 1 aliphatic heterocycles. The lowest BCUT2D eigenvalue weighted by Gasteiger charge is -2.16. The standard InChI is InChI=1S/C11H13NO8/c1-5(13)2-3-7(15)19-4-6(14)10-8(12-18)9(16)11(17)20-10/h6,10,14,18H,2-4H2,1H3. The molecule has 0 aromatic heterocycles. The van der Waals surface area contributed by atoms with E-state index in [0.717, 1.165) is 0 Å². The molecule has 110 valence electrons. The highest BCUT2D eigenvalue weighted by Crippen LogP contribution is 2.13. The third-order valence-corrected chi connectivity index (χ3v) is 2.48. The first-order chi connectivity index (χ1) is 9.36. The summed E-state index contributed by atoms with van der Waals surface area (Å²) in [5, 5.41) is 20.8. The van der Waals surface area contributed by atoms with Gasteiger partial charge in [0.15, 0.2) is 11.8 Å². The van der Waals surface area contributed by atoms with Gasteiger partial charge in [0.2, 0.25) is 0 Å². The second-order valence-corrected chi connectivity index (χ2v) is 4.09. The van der Waals surface area contributed by atoms with Crippen molar-refractivity contribution in [3.05, 3.63) is 0 Å². The summed E-state index contributed by atoms with van der Waals surface area (Å²) in [6, 6.07) is 0. The summed E-state index contributed by atoms with van der Waals surface area (Å²) in [5.74, 6) is -3.34. The molecule has 2 atom stereocenters. The van der Waals surface area contributed by atoms with Gasteiger partial charge >= 0.3 is 11.9 Å². The number of cyclic esters (lactones) is 1. The van der Waals surface area contributed by atoms with Crippen LogP contribution in [0.1, 0.15) is 19.8 Å². The fourth-order valence-corrected chi connectivity index (χ4v) is 1.44. The first-order valence-corrected chi connectivity index (χ1v) is 5.67. The van der Waals surface area contributed by atoms with E-state index in [1.54, 1.807) is 0 Å². The van der Waals surface area contributed by atoms with Crippen LogP contribution in [0.5, 0.6) is 0 Å². The number of esters is 2. The number of oxime groups is 1. The third kappa shape index (κ3) is 3.85. The van der Waals surface area contributed by atoms with Crippen LogP contribution in [0.2, 0.25) is 0 Å². The molecule has 1 saturated heterocycles. The van der Waals surface area contributed by atoms with Gasteiger partial charge in [0, 0.05) is 6.42 Å². The second kappa shape index (κ2) is 6.75. The molecular weight excluding hydrogens is 274 g/mol. The summed E-state index contributed by atoms with van der Waals surface area (Å²) >= 11 is 0. The van der Waals surface area contributed by atoms with Crippen LogP contribution >= 0.6 is 0 Å². The van der Waals surface area contributed by atoms with Crippen molar-refractivity contribution in [1.82, 2.24) is 0 Å². The number of Topliss-reactive ketones (excluding diaryl/α,β-unsaturated/α-hetero) is 2. The van der Waals surface area contributed by atoms with Crippen molar-refractivity contribution >= 4 is 29.2 Å². The summed E-state index contributed by atoms with van der Waals surface area (Å²) < 4.78 is 9.14. The monoisotopic (exact) mass is 287 g/mol. The number of carbonyl (C=O) groups excluding carboxylic acids is 4. The zero-order valence-corrected chi connectivity index (χ0v) is 10.6. The van der Waals surface area contributed by atoms with Crippen LogP contribution in [-0.2, 0) is 28.7 Å². The van der Waals surface area contributed by atoms with Crippen LogP contribution in [0.3, 0.4) is 0 Å². The summed E-state index contributed by atoms with van der Waals surface area (Å²) in [6.07, 6.45) is -3.17. The number of hydrogen-bond donors (Lipinski definition) is 2. The van der Waals surface area contributed by atoms with E-state index in [-0.39, 0.29) is 18.6 Å². The summed E-state index contributed by atoms with van der Waals surface area (Å²) in [4.78, 5) is 44.0. The number of carbonyl (C=O) groups is 4. The number of rotatable bonds is 6. The molecule has 0 radical (unpaired) electrons. The SMILES string of the molecule is CC(=O)CCC(=O)OCC(O)C1OC(=O)C(=O)C1=NO. The molecule has 9 heteroatoms. The van der Waals surface area contributed by atoms with E-state index >= 15 is 0 Å². The molecule has 2 N–H and O–H groups in total. The van der Waals surface area contributed by atoms with Gasteiger partial charge in [-0.3, -0.25) is 9.59 Å². The van der Waals surface area contributed by atoms with Crippen molar-refractivity contribution in [3.8, 4) is 0 Å². The molecule has 1 heterocycles. The Labute approximate surface area is 113 Å². The predicted molar refractivity (Wildman–Crippen MR) is 61.0 cm³/mol. The molecule has 0 bridgehead atoms. The fourth-order valence-electron chi connectivity index (χ4n) is 1.44. The maximum atomic E-state index is 11.2. The van der Waals surface area contributed by atoms with Gasteiger partial charge in [-0.25, -0.2) is 4.79 Å². The lowest BCUT2D eigenvalue weighted by Crippen LogP contribution is -2.37. The van der Waals surface area contributed by atoms with Crippen LogP contribution in [0.25, 0.3) is 0 Å². The maximum Gasteiger partial charge on any atom is 0.382 e. The van der Waals surface area contributed by atoms with Gasteiger partial charge in [-0.1, -0.05) is 5.16 Å². The highest BCUT2D eigenvalue weighted by Gasteiger charge is 2.45. The molecule has 1 fully saturated rings. The normalized spacial score (nSPS) is 21.7. The molecule has 1 rings (SSSR count). The third-order valence-electron chi connectivity index (χ3n) is 2.48. The molecular formula is C11H13NO8. The molecule has 0 aromatic rings. The van der Waals surface area contributed by atoms with Crippen molar-refractivity contribution in [2.24, 2.45) is 5.16 Å². The Hall–Kier alpha value is -2.29. The highest BCUT2D eigenvalue weighted by molar-refractivity contribution is 6.67. The summed E-state index contributed by atoms with van der Waals surface area (Å²) in [5.41, 5.74) is -0.651. The Bertz CT molecular complexity index is 469. The molecule has 0 amide bonds. The minimum Gasteiger partial charge on any atom is -0.463 e. The van der Waals surface area contributed by atoms with Crippen molar-refractivity contribution in [2.75, 3.05) is 6.61 Å². The Morgan fingerprint density at radius 2 is 2.05 bits per heavy atom. The van der Waals surface area contributed by atoms with E-state index in [1.807, 2.05) is 0 Å². The molecule has 20 heavy (non-hydrogen) atoms. The van der Waals surface area contributed by atoms with Crippen LogP contribution in [-0.4, -0.2) is 58.3 Å². The van der Waals surface area contributed by atoms with Gasteiger partial charge in [0.25, 0.3) is 5.78 Å². The molecule has 2 unspecified atom stereocenters. The average molecular weight is 287 g/mol. The Morgan fingerprint density at radius 1 is 1.40 bits per heavy atom. The predicted octanol–water partition coefficient (Wildman–Crippen LogP) is -1.42. The van der Waals surface area contributed by atoms with Gasteiger partial charge in [-0.2, -0.15) is 0 Å². The van der Waals surface area contributed by atoms with Gasteiger partial charge in [-0.05, 0) is 6.92 Å². The van der Waals surface area contributed by atoms with Crippen LogP contribution in [0.15, 0.2) is 5.16 Å². The minimum absolute atomic E-state index is 0.00910. The molecule has 0 aliphatic carbocycles. The Kier molecular flexibility index (Phi) is 5.32. The largest absolute Gasteiger partial charge is 0.463 e. The van der Waals surface area contributed by atoms with Gasteiger partial charge in [0.1, 0.15) is 18.5 Å². The van der Waals surface area contributed by atoms with Crippen molar-refractivity contribution in [1.29, 1.82) is 0 Å². The van der Waals surface area contributed by atoms with Gasteiger partial charge in [0.05, 0.1) is 6.42 Å². The van der Waals surface area contributed by atoms with E-state index in [1.165, 1.54) is 6.92 Å². The summed E-state index contributed by atoms with van der Waals surface area (Å²) in [7, 11) is 0. The number of nitrogens with zero attached hydrogens (tertiary/aromatic N) is 1. The topological polar surface area (TPSA) is 140 Å². The molecule has 1 aliphatic rings. The highest BCUT2D eigenvalue weighted by atomic mass is 16.6. The van der Waals surface area contributed by atoms with Crippen molar-refractivity contribution in [2.45, 2.75) is 32.0 Å². The first kappa shape index (κ1) is 15.8. The van der Waals surface area contributed by atoms with Crippen LogP contribution < -0.4 is 0 Å². The summed E-state index contributed by atoms with van der Waals surface area (Å²) in [6.45, 7) is 0.747. The smallest absolute Gasteiger partial charge is 0.382 e. The molecule has 0 spiro atoms. The zero-order valence-electron chi connectivity index (χ0n) is 10.6. The number of hydrogen-bond acceptors (Lipinski definition) is 9. The number of aliphatic hydroxyl groups is 1. The van der Waals surface area contributed by atoms with Gasteiger partial charge < -0.3 is 24.6 Å². The van der Waals surface area contributed by atoms with Crippen LogP contribution in [0.4, 0.5) is 0 Å². The fraction of sp³-hybridized carbons (Fsp3) is 0.545. The number of aliphatic hydroxyl groups excluding tert-OH is 1. The second-order valence-electron chi connectivity index (χ2n) is 4.09. The lowest BCUT2D eigenvalue weighted by molar-refractivity contribution is -0.155. The van der Waals surface area contributed by atoms with E-state index < -0.39 is 42.2 Å². The van der Waals surface area contributed by atoms with E-state index in [9.17, 15) is 24.3 Å². The Balaban J connectivity index is 2.49. The van der Waals surface area contributed by atoms with E-state index in [0.29, 0.717) is 0 Å². The zero-order chi connectivity index (χ0) is 15.3. The van der Waals surface area contributed by atoms with Crippen molar-refractivity contribution in [3.63, 3.8) is 0 Å². The minimum atomic E-state index is -1.54. The van der Waals surface area contributed by atoms with E-state index in [2.05, 4.69) is 14.6 Å².